The molecular formula is C14H11FN2O3. The van der Waals surface area contributed by atoms with E-state index in [4.69, 9.17) is 5.11 Å². The summed E-state index contributed by atoms with van der Waals surface area (Å²) in [4.78, 5) is 11.7. The van der Waals surface area contributed by atoms with E-state index in [1.165, 1.54) is 24.3 Å². The van der Waals surface area contributed by atoms with Crippen molar-refractivity contribution in [3.63, 3.8) is 0 Å². The Bertz CT molecular complexity index is 671. The first-order valence-electron chi connectivity index (χ1n) is 5.68. The van der Waals surface area contributed by atoms with E-state index < -0.39 is 11.7 Å². The van der Waals surface area contributed by atoms with Gasteiger partial charge in [-0.3, -0.25) is 4.79 Å². The van der Waals surface area contributed by atoms with Crippen molar-refractivity contribution in [2.24, 2.45) is 5.10 Å². The van der Waals surface area contributed by atoms with E-state index in [2.05, 4.69) is 10.5 Å². The fraction of sp³-hybridized carbons (Fsp3) is 0. The standard InChI is InChI=1S/C14H11FN2O3/c15-12-4-2-1-3-9(12)8-16-17-14(20)11-6-5-10(18)7-13(11)19/h1-8,18-19H,(H,17,20)/b16-8+. The molecule has 0 aromatic heterocycles. The molecule has 20 heavy (non-hydrogen) atoms. The molecule has 5 nitrogen and oxygen atoms in total. The van der Waals surface area contributed by atoms with Crippen molar-refractivity contribution >= 4 is 12.1 Å². The van der Waals surface area contributed by atoms with E-state index in [-0.39, 0.29) is 22.6 Å². The molecule has 0 saturated carbocycles. The molecule has 6 heteroatoms. The van der Waals surface area contributed by atoms with Crippen molar-refractivity contribution in [3.8, 4) is 11.5 Å². The summed E-state index contributed by atoms with van der Waals surface area (Å²) in [5.74, 6) is -1.66. The van der Waals surface area contributed by atoms with Crippen LogP contribution in [0.1, 0.15) is 15.9 Å². The molecule has 102 valence electrons. The summed E-state index contributed by atoms with van der Waals surface area (Å²) in [7, 11) is 0. The number of hydrogen-bond donors (Lipinski definition) is 3. The summed E-state index contributed by atoms with van der Waals surface area (Å²) < 4.78 is 13.3. The van der Waals surface area contributed by atoms with Crippen LogP contribution in [0.25, 0.3) is 0 Å². The molecule has 0 aliphatic heterocycles. The van der Waals surface area contributed by atoms with Crippen molar-refractivity contribution in [1.29, 1.82) is 0 Å². The average Bonchev–Trinajstić information content (AvgIpc) is 2.40. The van der Waals surface area contributed by atoms with Crippen molar-refractivity contribution in [3.05, 3.63) is 59.4 Å². The summed E-state index contributed by atoms with van der Waals surface area (Å²) in [6, 6.07) is 9.50. The molecule has 0 aliphatic rings. The van der Waals surface area contributed by atoms with Gasteiger partial charge in [0.05, 0.1) is 11.8 Å². The van der Waals surface area contributed by atoms with E-state index in [1.54, 1.807) is 12.1 Å². The number of nitrogens with one attached hydrogen (secondary N) is 1. The van der Waals surface area contributed by atoms with Gasteiger partial charge in [0.15, 0.2) is 0 Å². The third-order valence-corrected chi connectivity index (χ3v) is 2.50. The number of hydrogen-bond acceptors (Lipinski definition) is 4. The van der Waals surface area contributed by atoms with Gasteiger partial charge in [0, 0.05) is 11.6 Å². The van der Waals surface area contributed by atoms with Crippen LogP contribution in [0.3, 0.4) is 0 Å². The van der Waals surface area contributed by atoms with E-state index in [0.717, 1.165) is 12.3 Å². The zero-order valence-corrected chi connectivity index (χ0v) is 10.2. The first-order chi connectivity index (χ1) is 9.58. The topological polar surface area (TPSA) is 81.9 Å². The highest BCUT2D eigenvalue weighted by atomic mass is 19.1. The first-order valence-corrected chi connectivity index (χ1v) is 5.68. The van der Waals surface area contributed by atoms with Crippen LogP contribution in [-0.4, -0.2) is 22.3 Å². The number of nitrogens with zero attached hydrogens (tertiary/aromatic N) is 1. The molecule has 0 radical (unpaired) electrons. The molecule has 2 rings (SSSR count). The summed E-state index contributed by atoms with van der Waals surface area (Å²) in [6.07, 6.45) is 1.16. The predicted octanol–water partition coefficient (Wildman–Crippen LogP) is 2.00. The smallest absolute Gasteiger partial charge is 0.275 e. The SMILES string of the molecule is O=C(N/N=C/c1ccccc1F)c1ccc(O)cc1O. The Kier molecular flexibility index (Phi) is 3.95. The van der Waals surface area contributed by atoms with Gasteiger partial charge in [-0.25, -0.2) is 9.82 Å². The molecule has 0 bridgehead atoms. The van der Waals surface area contributed by atoms with Gasteiger partial charge in [-0.05, 0) is 18.2 Å². The second-order valence-electron chi connectivity index (χ2n) is 3.92. The first kappa shape index (κ1) is 13.5. The number of halogens is 1. The summed E-state index contributed by atoms with van der Waals surface area (Å²) in [5, 5.41) is 22.2. The fourth-order valence-corrected chi connectivity index (χ4v) is 1.51. The van der Waals surface area contributed by atoms with Gasteiger partial charge in [0.1, 0.15) is 17.3 Å². The van der Waals surface area contributed by atoms with Gasteiger partial charge >= 0.3 is 0 Å². The van der Waals surface area contributed by atoms with Gasteiger partial charge < -0.3 is 10.2 Å². The van der Waals surface area contributed by atoms with Crippen molar-refractivity contribution in [2.75, 3.05) is 0 Å². The highest BCUT2D eigenvalue weighted by molar-refractivity contribution is 5.97. The van der Waals surface area contributed by atoms with E-state index in [0.29, 0.717) is 0 Å². The molecular weight excluding hydrogens is 263 g/mol. The van der Waals surface area contributed by atoms with Crippen molar-refractivity contribution in [1.82, 2.24) is 5.43 Å². The Labute approximate surface area is 114 Å². The Balaban J connectivity index is 2.07. The molecule has 2 aromatic carbocycles. The minimum Gasteiger partial charge on any atom is -0.508 e. The molecule has 0 fully saturated rings. The largest absolute Gasteiger partial charge is 0.508 e. The van der Waals surface area contributed by atoms with Gasteiger partial charge in [-0.15, -0.1) is 0 Å². The quantitative estimate of drug-likeness (QED) is 0.591. The minimum absolute atomic E-state index is 0.0477. The molecule has 0 saturated heterocycles. The van der Waals surface area contributed by atoms with Crippen LogP contribution in [0.5, 0.6) is 11.5 Å². The monoisotopic (exact) mass is 274 g/mol. The number of amides is 1. The molecule has 0 aliphatic carbocycles. The van der Waals surface area contributed by atoms with E-state index in [1.807, 2.05) is 0 Å². The zero-order chi connectivity index (χ0) is 14.5. The third kappa shape index (κ3) is 3.11. The molecule has 3 N–H and O–H groups in total. The van der Waals surface area contributed by atoms with Crippen LogP contribution in [0.2, 0.25) is 0 Å². The molecule has 2 aromatic rings. The second kappa shape index (κ2) is 5.83. The lowest BCUT2D eigenvalue weighted by Crippen LogP contribution is -2.17. The Morgan fingerprint density at radius 3 is 2.65 bits per heavy atom. The molecule has 1 amide bonds. The average molecular weight is 274 g/mol. The predicted molar refractivity (Wildman–Crippen MR) is 71.2 cm³/mol. The molecule has 0 unspecified atom stereocenters. The molecule has 0 heterocycles. The van der Waals surface area contributed by atoms with Gasteiger partial charge in [0.25, 0.3) is 5.91 Å². The lowest BCUT2D eigenvalue weighted by atomic mass is 10.2. The third-order valence-electron chi connectivity index (χ3n) is 2.50. The zero-order valence-electron chi connectivity index (χ0n) is 10.2. The maximum Gasteiger partial charge on any atom is 0.275 e. The number of phenols is 2. The van der Waals surface area contributed by atoms with Crippen LogP contribution in [-0.2, 0) is 0 Å². The maximum absolute atomic E-state index is 13.3. The highest BCUT2D eigenvalue weighted by Crippen LogP contribution is 2.22. The minimum atomic E-state index is -0.671. The summed E-state index contributed by atoms with van der Waals surface area (Å²) >= 11 is 0. The summed E-state index contributed by atoms with van der Waals surface area (Å²) in [5.41, 5.74) is 2.33. The fourth-order valence-electron chi connectivity index (χ4n) is 1.51. The normalized spacial score (nSPS) is 10.7. The Hall–Kier alpha value is -2.89. The lowest BCUT2D eigenvalue weighted by Gasteiger charge is -2.03. The maximum atomic E-state index is 13.3. The van der Waals surface area contributed by atoms with Crippen LogP contribution < -0.4 is 5.43 Å². The Morgan fingerprint density at radius 2 is 1.95 bits per heavy atom. The van der Waals surface area contributed by atoms with Crippen LogP contribution >= 0.6 is 0 Å². The van der Waals surface area contributed by atoms with Gasteiger partial charge in [0.2, 0.25) is 0 Å². The highest BCUT2D eigenvalue weighted by Gasteiger charge is 2.10. The lowest BCUT2D eigenvalue weighted by molar-refractivity contribution is 0.0952. The number of rotatable bonds is 3. The Morgan fingerprint density at radius 1 is 1.20 bits per heavy atom. The van der Waals surface area contributed by atoms with Crippen LogP contribution in [0.4, 0.5) is 4.39 Å². The van der Waals surface area contributed by atoms with Crippen LogP contribution in [0.15, 0.2) is 47.6 Å². The molecule has 0 spiro atoms. The number of phenolic OH excluding ortho intramolecular Hbond substituents is 2. The number of carbonyl (C=O) groups is 1. The van der Waals surface area contributed by atoms with Crippen LogP contribution in [0, 0.1) is 5.82 Å². The van der Waals surface area contributed by atoms with Gasteiger partial charge in [-0.2, -0.15) is 5.10 Å². The number of hydrazone groups is 1. The van der Waals surface area contributed by atoms with E-state index >= 15 is 0 Å². The number of benzene rings is 2. The summed E-state index contributed by atoms with van der Waals surface area (Å²) in [6.45, 7) is 0. The second-order valence-corrected chi connectivity index (χ2v) is 3.92. The van der Waals surface area contributed by atoms with E-state index in [9.17, 15) is 14.3 Å². The van der Waals surface area contributed by atoms with Crippen molar-refractivity contribution in [2.45, 2.75) is 0 Å². The number of carbonyl (C=O) groups excluding carboxylic acids is 1. The van der Waals surface area contributed by atoms with Crippen molar-refractivity contribution < 1.29 is 19.4 Å². The van der Waals surface area contributed by atoms with Gasteiger partial charge in [-0.1, -0.05) is 18.2 Å². The number of aromatic hydroxyl groups is 2. The molecule has 0 atom stereocenters.